The van der Waals surface area contributed by atoms with Gasteiger partial charge >= 0.3 is 0 Å². The maximum atomic E-state index is 9.82. The molecule has 15 heavy (non-hydrogen) atoms. The van der Waals surface area contributed by atoms with Crippen LogP contribution in [0.2, 0.25) is 0 Å². The van der Waals surface area contributed by atoms with Crippen LogP contribution in [0.5, 0.6) is 0 Å². The number of rotatable bonds is 7. The van der Waals surface area contributed by atoms with E-state index in [9.17, 15) is 5.11 Å². The van der Waals surface area contributed by atoms with Gasteiger partial charge in [0.05, 0.1) is 12.2 Å². The van der Waals surface area contributed by atoms with Crippen LogP contribution in [0.4, 0.5) is 0 Å². The van der Waals surface area contributed by atoms with Crippen molar-refractivity contribution >= 4 is 0 Å². The van der Waals surface area contributed by atoms with Crippen molar-refractivity contribution in [3.05, 3.63) is 0 Å². The van der Waals surface area contributed by atoms with E-state index < -0.39 is 0 Å². The third-order valence-corrected chi connectivity index (χ3v) is 3.20. The van der Waals surface area contributed by atoms with Gasteiger partial charge in [-0.25, -0.2) is 0 Å². The van der Waals surface area contributed by atoms with Crippen LogP contribution in [0, 0.1) is 0 Å². The van der Waals surface area contributed by atoms with E-state index in [4.69, 9.17) is 4.74 Å². The lowest BCUT2D eigenvalue weighted by Gasteiger charge is -2.24. The quantitative estimate of drug-likeness (QED) is 0.659. The van der Waals surface area contributed by atoms with E-state index in [0.717, 1.165) is 25.9 Å². The predicted octanol–water partition coefficient (Wildman–Crippen LogP) is 3.28. The summed E-state index contributed by atoms with van der Waals surface area (Å²) in [5.74, 6) is 0. The first-order valence-corrected chi connectivity index (χ1v) is 6.62. The van der Waals surface area contributed by atoms with Gasteiger partial charge in [-0.05, 0) is 32.1 Å². The van der Waals surface area contributed by atoms with E-state index in [1.54, 1.807) is 0 Å². The van der Waals surface area contributed by atoms with E-state index in [0.29, 0.717) is 6.10 Å². The van der Waals surface area contributed by atoms with Crippen LogP contribution in [0.15, 0.2) is 0 Å². The third-order valence-electron chi connectivity index (χ3n) is 3.20. The Labute approximate surface area is 94.0 Å². The average molecular weight is 214 g/mol. The van der Waals surface area contributed by atoms with E-state index in [1.807, 2.05) is 0 Å². The van der Waals surface area contributed by atoms with Crippen LogP contribution >= 0.6 is 0 Å². The Morgan fingerprint density at radius 3 is 2.80 bits per heavy atom. The molecule has 2 heteroatoms. The molecule has 1 aliphatic heterocycles. The molecular weight excluding hydrogens is 188 g/mol. The van der Waals surface area contributed by atoms with Gasteiger partial charge in [-0.2, -0.15) is 0 Å². The first-order chi connectivity index (χ1) is 7.33. The largest absolute Gasteiger partial charge is 0.393 e. The Morgan fingerprint density at radius 2 is 2.13 bits per heavy atom. The second-order valence-corrected chi connectivity index (χ2v) is 4.73. The maximum Gasteiger partial charge on any atom is 0.0599 e. The molecule has 1 aliphatic rings. The molecular formula is C13H26O2. The lowest BCUT2D eigenvalue weighted by atomic mass is 10.00. The Morgan fingerprint density at radius 1 is 1.27 bits per heavy atom. The number of aliphatic hydroxyl groups is 1. The van der Waals surface area contributed by atoms with E-state index in [2.05, 4.69) is 6.92 Å². The number of hydrogen-bond donors (Lipinski definition) is 1. The molecule has 2 atom stereocenters. The molecule has 0 aliphatic carbocycles. The average Bonchev–Trinajstić information content (AvgIpc) is 2.26. The monoisotopic (exact) mass is 214 g/mol. The van der Waals surface area contributed by atoms with Gasteiger partial charge in [-0.1, -0.05) is 32.6 Å². The summed E-state index contributed by atoms with van der Waals surface area (Å²) in [6, 6.07) is 0. The maximum absolute atomic E-state index is 9.82. The number of hydrogen-bond acceptors (Lipinski definition) is 2. The van der Waals surface area contributed by atoms with Gasteiger partial charge in [0.2, 0.25) is 0 Å². The van der Waals surface area contributed by atoms with E-state index >= 15 is 0 Å². The normalized spacial score (nSPS) is 24.0. The molecule has 1 heterocycles. The fourth-order valence-electron chi connectivity index (χ4n) is 2.22. The molecule has 90 valence electrons. The van der Waals surface area contributed by atoms with Crippen LogP contribution in [-0.4, -0.2) is 23.9 Å². The van der Waals surface area contributed by atoms with Crippen LogP contribution in [0.25, 0.3) is 0 Å². The second kappa shape index (κ2) is 8.12. The summed E-state index contributed by atoms with van der Waals surface area (Å²) in [6.07, 6.45) is 10.6. The fourth-order valence-corrected chi connectivity index (χ4v) is 2.22. The first-order valence-electron chi connectivity index (χ1n) is 6.62. The summed E-state index contributed by atoms with van der Waals surface area (Å²) < 4.78 is 5.62. The van der Waals surface area contributed by atoms with Crippen LogP contribution in [0.3, 0.4) is 0 Å². The van der Waals surface area contributed by atoms with Gasteiger partial charge in [0.25, 0.3) is 0 Å². The number of unbranched alkanes of at least 4 members (excludes halogenated alkanes) is 3. The third kappa shape index (κ3) is 6.16. The SMILES string of the molecule is CCCCCCC(O)CC1CCCCO1. The van der Waals surface area contributed by atoms with Crippen molar-refractivity contribution in [3.63, 3.8) is 0 Å². The zero-order valence-corrected chi connectivity index (χ0v) is 10.1. The molecule has 1 saturated heterocycles. The molecule has 0 aromatic carbocycles. The molecule has 0 radical (unpaired) electrons. The van der Waals surface area contributed by atoms with E-state index in [-0.39, 0.29) is 6.10 Å². The summed E-state index contributed by atoms with van der Waals surface area (Å²) >= 11 is 0. The minimum absolute atomic E-state index is 0.134. The molecule has 1 fully saturated rings. The van der Waals surface area contributed by atoms with Gasteiger partial charge in [0.15, 0.2) is 0 Å². The molecule has 0 bridgehead atoms. The topological polar surface area (TPSA) is 29.5 Å². The van der Waals surface area contributed by atoms with Gasteiger partial charge in [-0.15, -0.1) is 0 Å². The summed E-state index contributed by atoms with van der Waals surface area (Å²) in [4.78, 5) is 0. The van der Waals surface area contributed by atoms with Crippen molar-refractivity contribution in [2.45, 2.75) is 76.9 Å². The second-order valence-electron chi connectivity index (χ2n) is 4.73. The minimum Gasteiger partial charge on any atom is -0.393 e. The Bertz CT molecular complexity index is 141. The molecule has 0 aromatic heterocycles. The highest BCUT2D eigenvalue weighted by atomic mass is 16.5. The summed E-state index contributed by atoms with van der Waals surface area (Å²) in [6.45, 7) is 3.11. The highest BCUT2D eigenvalue weighted by Crippen LogP contribution is 2.19. The van der Waals surface area contributed by atoms with Crippen LogP contribution in [-0.2, 0) is 4.74 Å². The predicted molar refractivity (Wildman–Crippen MR) is 63.0 cm³/mol. The van der Waals surface area contributed by atoms with Crippen LogP contribution in [0.1, 0.15) is 64.7 Å². The molecule has 1 N–H and O–H groups in total. The van der Waals surface area contributed by atoms with E-state index in [1.165, 1.54) is 38.5 Å². The molecule has 0 amide bonds. The Hall–Kier alpha value is -0.0800. The van der Waals surface area contributed by atoms with Crippen molar-refractivity contribution in [3.8, 4) is 0 Å². The van der Waals surface area contributed by atoms with Crippen molar-refractivity contribution in [2.24, 2.45) is 0 Å². The first kappa shape index (κ1) is 13.0. The van der Waals surface area contributed by atoms with Gasteiger partial charge in [0, 0.05) is 6.61 Å². The zero-order valence-electron chi connectivity index (χ0n) is 10.1. The fraction of sp³-hybridized carbons (Fsp3) is 1.00. The Balaban J connectivity index is 1.98. The molecule has 1 rings (SSSR count). The highest BCUT2D eigenvalue weighted by molar-refractivity contribution is 4.68. The standard InChI is InChI=1S/C13H26O2/c1-2-3-4-5-8-12(14)11-13-9-6-7-10-15-13/h12-14H,2-11H2,1H3. The molecule has 0 saturated carbocycles. The minimum atomic E-state index is -0.134. The number of aliphatic hydroxyl groups excluding tert-OH is 1. The molecule has 0 spiro atoms. The lowest BCUT2D eigenvalue weighted by molar-refractivity contribution is -0.0167. The summed E-state index contributed by atoms with van der Waals surface area (Å²) in [5.41, 5.74) is 0. The molecule has 2 unspecified atom stereocenters. The summed E-state index contributed by atoms with van der Waals surface area (Å²) in [7, 11) is 0. The van der Waals surface area contributed by atoms with Crippen molar-refractivity contribution < 1.29 is 9.84 Å². The van der Waals surface area contributed by atoms with Crippen LogP contribution < -0.4 is 0 Å². The molecule has 2 nitrogen and oxygen atoms in total. The summed E-state index contributed by atoms with van der Waals surface area (Å²) in [5, 5.41) is 9.82. The smallest absolute Gasteiger partial charge is 0.0599 e. The van der Waals surface area contributed by atoms with Crippen molar-refractivity contribution in [2.75, 3.05) is 6.61 Å². The van der Waals surface area contributed by atoms with Gasteiger partial charge < -0.3 is 9.84 Å². The molecule has 0 aromatic rings. The zero-order chi connectivity index (χ0) is 10.9. The van der Waals surface area contributed by atoms with Gasteiger partial charge in [-0.3, -0.25) is 0 Å². The highest BCUT2D eigenvalue weighted by Gasteiger charge is 2.17. The van der Waals surface area contributed by atoms with Crippen molar-refractivity contribution in [1.82, 2.24) is 0 Å². The van der Waals surface area contributed by atoms with Gasteiger partial charge in [0.1, 0.15) is 0 Å². The Kier molecular flexibility index (Phi) is 7.03. The number of ether oxygens (including phenoxy) is 1. The van der Waals surface area contributed by atoms with Crippen molar-refractivity contribution in [1.29, 1.82) is 0 Å². The lowest BCUT2D eigenvalue weighted by Crippen LogP contribution is -2.24.